The summed E-state index contributed by atoms with van der Waals surface area (Å²) in [4.78, 5) is 7.03. The van der Waals surface area contributed by atoms with Gasteiger partial charge in [-0.2, -0.15) is 16.3 Å². The Labute approximate surface area is 122 Å². The highest BCUT2D eigenvalue weighted by molar-refractivity contribution is 7.08. The van der Waals surface area contributed by atoms with Crippen LogP contribution >= 0.6 is 11.3 Å². The molecule has 1 N–H and O–H groups in total. The largest absolute Gasteiger partial charge is 0.338 e. The second-order valence-electron chi connectivity index (χ2n) is 5.62. The molecule has 0 bridgehead atoms. The van der Waals surface area contributed by atoms with Crippen LogP contribution < -0.4 is 5.32 Å². The molecule has 0 aliphatic carbocycles. The number of nitrogens with zero attached hydrogens (tertiary/aromatic N) is 3. The molecule has 2 saturated heterocycles. The van der Waals surface area contributed by atoms with Gasteiger partial charge in [0.25, 0.3) is 0 Å². The van der Waals surface area contributed by atoms with E-state index in [-0.39, 0.29) is 0 Å². The van der Waals surface area contributed by atoms with Gasteiger partial charge in [0.05, 0.1) is 6.54 Å². The van der Waals surface area contributed by atoms with Gasteiger partial charge in [-0.3, -0.25) is 4.90 Å². The van der Waals surface area contributed by atoms with E-state index in [2.05, 4.69) is 20.4 Å². The summed E-state index contributed by atoms with van der Waals surface area (Å²) < 4.78 is 5.42. The van der Waals surface area contributed by atoms with Crippen molar-refractivity contribution in [2.75, 3.05) is 19.6 Å². The zero-order valence-corrected chi connectivity index (χ0v) is 12.1. The number of piperidine rings is 1. The van der Waals surface area contributed by atoms with Gasteiger partial charge in [-0.15, -0.1) is 0 Å². The third-order valence-electron chi connectivity index (χ3n) is 4.38. The Bertz CT molecular complexity index is 568. The standard InChI is InChI=1S/C14H18N4OS/c1-2-10-6-15-7-12(10)18(4-1)8-13-16-14(17-19-13)11-3-5-20-9-11/h3,5,9-10,12,15H,1-2,4,6-8H2. The van der Waals surface area contributed by atoms with Crippen LogP contribution in [0, 0.1) is 5.92 Å². The van der Waals surface area contributed by atoms with Gasteiger partial charge in [-0.25, -0.2) is 0 Å². The van der Waals surface area contributed by atoms with Crippen molar-refractivity contribution in [2.24, 2.45) is 5.92 Å². The molecule has 2 aliphatic heterocycles. The molecule has 0 aromatic carbocycles. The lowest BCUT2D eigenvalue weighted by Crippen LogP contribution is -2.44. The molecule has 2 fully saturated rings. The van der Waals surface area contributed by atoms with Crippen molar-refractivity contribution < 1.29 is 4.52 Å². The number of likely N-dealkylation sites (tertiary alicyclic amines) is 1. The van der Waals surface area contributed by atoms with E-state index in [1.807, 2.05) is 16.8 Å². The molecule has 0 amide bonds. The molecule has 0 radical (unpaired) electrons. The summed E-state index contributed by atoms with van der Waals surface area (Å²) in [6, 6.07) is 2.66. The highest BCUT2D eigenvalue weighted by Gasteiger charge is 2.35. The molecule has 2 unspecified atom stereocenters. The Morgan fingerprint density at radius 1 is 1.45 bits per heavy atom. The van der Waals surface area contributed by atoms with Gasteiger partial charge in [-0.05, 0) is 43.3 Å². The second-order valence-corrected chi connectivity index (χ2v) is 6.40. The monoisotopic (exact) mass is 290 g/mol. The van der Waals surface area contributed by atoms with Gasteiger partial charge in [0.15, 0.2) is 0 Å². The second kappa shape index (κ2) is 5.27. The van der Waals surface area contributed by atoms with E-state index in [0.717, 1.165) is 43.6 Å². The van der Waals surface area contributed by atoms with Crippen molar-refractivity contribution in [3.05, 3.63) is 22.7 Å². The predicted octanol–water partition coefficient (Wildman–Crippen LogP) is 1.98. The van der Waals surface area contributed by atoms with Gasteiger partial charge in [0.2, 0.25) is 11.7 Å². The van der Waals surface area contributed by atoms with E-state index in [1.165, 1.54) is 12.8 Å². The number of hydrogen-bond donors (Lipinski definition) is 1. The first kappa shape index (κ1) is 12.5. The predicted molar refractivity (Wildman–Crippen MR) is 77.4 cm³/mol. The SMILES string of the molecule is c1cc(-c2noc(CN3CCCC4CNCC43)n2)cs1. The van der Waals surface area contributed by atoms with E-state index in [0.29, 0.717) is 11.9 Å². The van der Waals surface area contributed by atoms with Crippen LogP contribution in [-0.4, -0.2) is 40.7 Å². The van der Waals surface area contributed by atoms with E-state index in [9.17, 15) is 0 Å². The molecule has 6 heteroatoms. The summed E-state index contributed by atoms with van der Waals surface area (Å²) in [6.07, 6.45) is 2.62. The van der Waals surface area contributed by atoms with Crippen LogP contribution in [0.1, 0.15) is 18.7 Å². The van der Waals surface area contributed by atoms with Crippen molar-refractivity contribution in [1.82, 2.24) is 20.4 Å². The highest BCUT2D eigenvalue weighted by Crippen LogP contribution is 2.28. The van der Waals surface area contributed by atoms with Crippen LogP contribution in [0.2, 0.25) is 0 Å². The minimum Gasteiger partial charge on any atom is -0.338 e. The minimum atomic E-state index is 0.639. The number of fused-ring (bicyclic) bond motifs is 1. The van der Waals surface area contributed by atoms with Crippen LogP contribution in [0.15, 0.2) is 21.3 Å². The van der Waals surface area contributed by atoms with Gasteiger partial charge in [0, 0.05) is 23.5 Å². The zero-order valence-electron chi connectivity index (χ0n) is 11.3. The van der Waals surface area contributed by atoms with Crippen molar-refractivity contribution in [1.29, 1.82) is 0 Å². The lowest BCUT2D eigenvalue weighted by atomic mass is 9.92. The third-order valence-corrected chi connectivity index (χ3v) is 5.06. The lowest BCUT2D eigenvalue weighted by Gasteiger charge is -2.35. The molecule has 2 atom stereocenters. The topological polar surface area (TPSA) is 54.2 Å². The van der Waals surface area contributed by atoms with Crippen molar-refractivity contribution >= 4 is 11.3 Å². The zero-order chi connectivity index (χ0) is 13.4. The molecule has 0 saturated carbocycles. The van der Waals surface area contributed by atoms with Gasteiger partial charge >= 0.3 is 0 Å². The molecule has 2 aliphatic rings. The first-order chi connectivity index (χ1) is 9.90. The van der Waals surface area contributed by atoms with Gasteiger partial charge in [0.1, 0.15) is 0 Å². The maximum Gasteiger partial charge on any atom is 0.241 e. The Morgan fingerprint density at radius 3 is 3.35 bits per heavy atom. The molecule has 5 nitrogen and oxygen atoms in total. The fourth-order valence-electron chi connectivity index (χ4n) is 3.36. The molecular weight excluding hydrogens is 272 g/mol. The van der Waals surface area contributed by atoms with E-state index >= 15 is 0 Å². The lowest BCUT2D eigenvalue weighted by molar-refractivity contribution is 0.104. The molecule has 4 rings (SSSR count). The Balaban J connectivity index is 1.48. The Kier molecular flexibility index (Phi) is 3.29. The quantitative estimate of drug-likeness (QED) is 0.937. The smallest absolute Gasteiger partial charge is 0.241 e. The van der Waals surface area contributed by atoms with Crippen molar-refractivity contribution in [2.45, 2.75) is 25.4 Å². The summed E-state index contributed by atoms with van der Waals surface area (Å²) in [5.41, 5.74) is 1.05. The first-order valence-corrected chi connectivity index (χ1v) is 8.14. The van der Waals surface area contributed by atoms with Crippen LogP contribution in [0.25, 0.3) is 11.4 Å². The number of aromatic nitrogens is 2. The molecule has 0 spiro atoms. The molecular formula is C14H18N4OS. The summed E-state index contributed by atoms with van der Waals surface area (Å²) in [6.45, 7) is 4.17. The van der Waals surface area contributed by atoms with Crippen LogP contribution in [0.5, 0.6) is 0 Å². The molecule has 2 aromatic heterocycles. The van der Waals surface area contributed by atoms with E-state index in [4.69, 9.17) is 4.52 Å². The normalized spacial score (nSPS) is 26.8. The number of hydrogen-bond acceptors (Lipinski definition) is 6. The maximum atomic E-state index is 5.42. The molecule has 20 heavy (non-hydrogen) atoms. The number of nitrogens with one attached hydrogen (secondary N) is 1. The Hall–Kier alpha value is -1.24. The fourth-order valence-corrected chi connectivity index (χ4v) is 4.00. The Morgan fingerprint density at radius 2 is 2.45 bits per heavy atom. The van der Waals surface area contributed by atoms with Crippen molar-refractivity contribution in [3.8, 4) is 11.4 Å². The third kappa shape index (κ3) is 2.28. The fraction of sp³-hybridized carbons (Fsp3) is 0.571. The summed E-state index contributed by atoms with van der Waals surface area (Å²) in [7, 11) is 0. The summed E-state index contributed by atoms with van der Waals surface area (Å²) in [5, 5.41) is 11.7. The number of thiophene rings is 1. The molecule has 4 heterocycles. The van der Waals surface area contributed by atoms with Gasteiger partial charge < -0.3 is 9.84 Å². The van der Waals surface area contributed by atoms with Crippen LogP contribution in [0.4, 0.5) is 0 Å². The van der Waals surface area contributed by atoms with Crippen LogP contribution in [-0.2, 0) is 6.54 Å². The van der Waals surface area contributed by atoms with E-state index in [1.54, 1.807) is 11.3 Å². The molecule has 2 aromatic rings. The van der Waals surface area contributed by atoms with Crippen molar-refractivity contribution in [3.63, 3.8) is 0 Å². The highest BCUT2D eigenvalue weighted by atomic mass is 32.1. The van der Waals surface area contributed by atoms with Crippen LogP contribution in [0.3, 0.4) is 0 Å². The minimum absolute atomic E-state index is 0.639. The maximum absolute atomic E-state index is 5.42. The number of rotatable bonds is 3. The summed E-state index contributed by atoms with van der Waals surface area (Å²) in [5.74, 6) is 2.24. The average Bonchev–Trinajstić information content (AvgIpc) is 3.20. The average molecular weight is 290 g/mol. The molecule has 106 valence electrons. The van der Waals surface area contributed by atoms with Gasteiger partial charge in [-0.1, -0.05) is 5.16 Å². The van der Waals surface area contributed by atoms with E-state index < -0.39 is 0 Å². The summed E-state index contributed by atoms with van der Waals surface area (Å²) >= 11 is 1.65. The first-order valence-electron chi connectivity index (χ1n) is 7.20.